The first kappa shape index (κ1) is 12.0. The Hall–Kier alpha value is -2.44. The molecule has 2 aromatic heterocycles. The molecule has 0 amide bonds. The molecule has 2 heterocycles. The number of nitrogens with one attached hydrogen (secondary N) is 1. The van der Waals surface area contributed by atoms with Crippen LogP contribution in [0.2, 0.25) is 0 Å². The summed E-state index contributed by atoms with van der Waals surface area (Å²) in [6, 6.07) is 1.88. The van der Waals surface area contributed by atoms with Crippen LogP contribution in [0.15, 0.2) is 30.9 Å². The topological polar surface area (TPSA) is 92.9 Å². The lowest BCUT2D eigenvalue weighted by molar-refractivity contribution is 0.0690. The first-order valence-corrected chi connectivity index (χ1v) is 5.52. The van der Waals surface area contributed by atoms with Gasteiger partial charge in [0.05, 0.1) is 12.4 Å². The minimum Gasteiger partial charge on any atom is -0.476 e. The molecular formula is C11H13N5O2. The van der Waals surface area contributed by atoms with Gasteiger partial charge >= 0.3 is 5.97 Å². The van der Waals surface area contributed by atoms with Gasteiger partial charge in [0.15, 0.2) is 5.69 Å². The predicted octanol–water partition coefficient (Wildman–Crippen LogP) is 0.873. The largest absolute Gasteiger partial charge is 0.476 e. The first-order chi connectivity index (χ1) is 8.75. The first-order valence-electron chi connectivity index (χ1n) is 5.52. The lowest BCUT2D eigenvalue weighted by Gasteiger charge is -2.05. The number of rotatable bonds is 6. The van der Waals surface area contributed by atoms with E-state index >= 15 is 0 Å². The molecule has 0 radical (unpaired) electrons. The molecule has 0 aliphatic rings. The number of aromatic carboxylic acids is 1. The number of nitrogens with zero attached hydrogens (tertiary/aromatic N) is 4. The second kappa shape index (κ2) is 5.76. The number of aromatic nitrogens is 4. The van der Waals surface area contributed by atoms with Crippen molar-refractivity contribution in [3.8, 4) is 0 Å². The van der Waals surface area contributed by atoms with Crippen LogP contribution in [0.3, 0.4) is 0 Å². The average molecular weight is 247 g/mol. The van der Waals surface area contributed by atoms with Crippen LogP contribution in [0.25, 0.3) is 0 Å². The number of anilines is 1. The van der Waals surface area contributed by atoms with Crippen molar-refractivity contribution in [2.24, 2.45) is 0 Å². The van der Waals surface area contributed by atoms with E-state index in [4.69, 9.17) is 5.11 Å². The lowest BCUT2D eigenvalue weighted by Crippen LogP contribution is -2.09. The summed E-state index contributed by atoms with van der Waals surface area (Å²) in [7, 11) is 0. The maximum atomic E-state index is 10.6. The molecule has 7 heteroatoms. The van der Waals surface area contributed by atoms with Crippen LogP contribution in [0.4, 0.5) is 5.82 Å². The molecule has 0 aliphatic carbocycles. The number of carbonyl (C=O) groups is 1. The molecule has 94 valence electrons. The fraction of sp³-hybridized carbons (Fsp3) is 0.273. The minimum absolute atomic E-state index is 0.0582. The van der Waals surface area contributed by atoms with E-state index in [0.717, 1.165) is 19.5 Å². The van der Waals surface area contributed by atoms with Gasteiger partial charge in [0.1, 0.15) is 5.82 Å². The highest BCUT2D eigenvalue weighted by atomic mass is 16.4. The zero-order valence-corrected chi connectivity index (χ0v) is 9.65. The highest BCUT2D eigenvalue weighted by Crippen LogP contribution is 2.01. The van der Waals surface area contributed by atoms with Crippen LogP contribution in [-0.4, -0.2) is 37.4 Å². The van der Waals surface area contributed by atoms with E-state index in [9.17, 15) is 4.79 Å². The van der Waals surface area contributed by atoms with Crippen molar-refractivity contribution in [1.82, 2.24) is 19.7 Å². The van der Waals surface area contributed by atoms with Crippen LogP contribution < -0.4 is 5.32 Å². The molecule has 0 atom stereocenters. The molecule has 0 saturated heterocycles. The number of hydrogen-bond acceptors (Lipinski definition) is 5. The Balaban J connectivity index is 1.75. The van der Waals surface area contributed by atoms with Gasteiger partial charge in [-0.05, 0) is 12.5 Å². The summed E-state index contributed by atoms with van der Waals surface area (Å²) in [5.41, 5.74) is -0.0582. The number of carboxylic acid groups (broad SMARTS) is 1. The second-order valence-electron chi connectivity index (χ2n) is 3.64. The summed E-state index contributed by atoms with van der Waals surface area (Å²) in [6.07, 6.45) is 7.19. The van der Waals surface area contributed by atoms with Gasteiger partial charge in [0.25, 0.3) is 0 Å². The molecule has 18 heavy (non-hydrogen) atoms. The third-order valence-electron chi connectivity index (χ3n) is 2.30. The molecule has 0 fully saturated rings. The lowest BCUT2D eigenvalue weighted by atomic mass is 10.4. The van der Waals surface area contributed by atoms with Crippen LogP contribution in [-0.2, 0) is 6.54 Å². The molecular weight excluding hydrogens is 234 g/mol. The molecule has 2 N–H and O–H groups in total. The van der Waals surface area contributed by atoms with Gasteiger partial charge in [-0.3, -0.25) is 4.68 Å². The smallest absolute Gasteiger partial charge is 0.356 e. The summed E-state index contributed by atoms with van der Waals surface area (Å²) >= 11 is 0. The highest BCUT2D eigenvalue weighted by Gasteiger charge is 2.04. The summed E-state index contributed by atoms with van der Waals surface area (Å²) in [4.78, 5) is 18.3. The second-order valence-corrected chi connectivity index (χ2v) is 3.64. The zero-order chi connectivity index (χ0) is 12.8. The van der Waals surface area contributed by atoms with Gasteiger partial charge in [0.2, 0.25) is 0 Å². The van der Waals surface area contributed by atoms with Crippen molar-refractivity contribution in [3.05, 3.63) is 36.5 Å². The monoisotopic (exact) mass is 247 g/mol. The minimum atomic E-state index is -1.08. The maximum absolute atomic E-state index is 10.6. The van der Waals surface area contributed by atoms with Crippen LogP contribution in [0.1, 0.15) is 16.9 Å². The van der Waals surface area contributed by atoms with Gasteiger partial charge in [-0.1, -0.05) is 0 Å². The molecule has 0 unspecified atom stereocenters. The Morgan fingerprint density at radius 3 is 2.89 bits per heavy atom. The Morgan fingerprint density at radius 1 is 1.39 bits per heavy atom. The van der Waals surface area contributed by atoms with Crippen molar-refractivity contribution in [2.45, 2.75) is 13.0 Å². The fourth-order valence-corrected chi connectivity index (χ4v) is 1.42. The van der Waals surface area contributed by atoms with Crippen molar-refractivity contribution in [1.29, 1.82) is 0 Å². The van der Waals surface area contributed by atoms with Crippen LogP contribution in [0, 0.1) is 0 Å². The predicted molar refractivity (Wildman–Crippen MR) is 64.3 cm³/mol. The fourth-order valence-electron chi connectivity index (χ4n) is 1.42. The van der Waals surface area contributed by atoms with Gasteiger partial charge in [-0.25, -0.2) is 14.8 Å². The van der Waals surface area contributed by atoms with Gasteiger partial charge in [-0.2, -0.15) is 5.10 Å². The molecule has 0 spiro atoms. The molecule has 7 nitrogen and oxygen atoms in total. The van der Waals surface area contributed by atoms with E-state index in [2.05, 4.69) is 20.4 Å². The third-order valence-corrected chi connectivity index (χ3v) is 2.30. The standard InChI is InChI=1S/C11H13N5O2/c17-11(18)9-7-14-10(8-13-9)12-3-1-5-16-6-2-4-15-16/h2,4,6-8H,1,3,5H2,(H,12,14)(H,17,18). The zero-order valence-electron chi connectivity index (χ0n) is 9.65. The highest BCUT2D eigenvalue weighted by molar-refractivity contribution is 5.84. The van der Waals surface area contributed by atoms with E-state index in [-0.39, 0.29) is 5.69 Å². The number of aryl methyl sites for hydroxylation is 1. The molecule has 2 aromatic rings. The Labute approximate surface area is 104 Å². The van der Waals surface area contributed by atoms with Crippen molar-refractivity contribution >= 4 is 11.8 Å². The SMILES string of the molecule is O=C(O)c1cnc(NCCCn2cccn2)cn1. The number of carboxylic acids is 1. The Bertz CT molecular complexity index is 495. The van der Waals surface area contributed by atoms with Crippen molar-refractivity contribution in [2.75, 3.05) is 11.9 Å². The van der Waals surface area contributed by atoms with E-state index < -0.39 is 5.97 Å². The summed E-state index contributed by atoms with van der Waals surface area (Å²) < 4.78 is 1.85. The van der Waals surface area contributed by atoms with Gasteiger partial charge in [-0.15, -0.1) is 0 Å². The third kappa shape index (κ3) is 3.27. The van der Waals surface area contributed by atoms with Crippen molar-refractivity contribution in [3.63, 3.8) is 0 Å². The molecule has 2 rings (SSSR count). The molecule has 0 aromatic carbocycles. The van der Waals surface area contributed by atoms with E-state index in [1.807, 2.05) is 16.9 Å². The van der Waals surface area contributed by atoms with Crippen LogP contribution in [0.5, 0.6) is 0 Å². The van der Waals surface area contributed by atoms with Crippen molar-refractivity contribution < 1.29 is 9.90 Å². The maximum Gasteiger partial charge on any atom is 0.356 e. The van der Waals surface area contributed by atoms with Gasteiger partial charge in [0, 0.05) is 25.5 Å². The average Bonchev–Trinajstić information content (AvgIpc) is 2.88. The van der Waals surface area contributed by atoms with Gasteiger partial charge < -0.3 is 10.4 Å². The van der Waals surface area contributed by atoms with E-state index in [1.54, 1.807) is 6.20 Å². The Morgan fingerprint density at radius 2 is 2.28 bits per heavy atom. The number of hydrogen-bond donors (Lipinski definition) is 2. The quantitative estimate of drug-likeness (QED) is 0.736. The summed E-state index contributed by atoms with van der Waals surface area (Å²) in [5, 5.41) is 15.8. The summed E-state index contributed by atoms with van der Waals surface area (Å²) in [5.74, 6) is -0.506. The molecule has 0 aliphatic heterocycles. The summed E-state index contributed by atoms with van der Waals surface area (Å²) in [6.45, 7) is 1.54. The normalized spacial score (nSPS) is 10.2. The molecule has 0 bridgehead atoms. The van der Waals surface area contributed by atoms with E-state index in [1.165, 1.54) is 12.4 Å². The molecule has 0 saturated carbocycles. The van der Waals surface area contributed by atoms with E-state index in [0.29, 0.717) is 5.82 Å². The van der Waals surface area contributed by atoms with Crippen LogP contribution >= 0.6 is 0 Å². The Kier molecular flexibility index (Phi) is 3.85.